The van der Waals surface area contributed by atoms with Crippen molar-refractivity contribution in [3.05, 3.63) is 35.4 Å². The Kier molecular flexibility index (Phi) is 6.32. The lowest BCUT2D eigenvalue weighted by Gasteiger charge is -2.39. The van der Waals surface area contributed by atoms with Crippen LogP contribution in [0, 0.1) is 16.7 Å². The van der Waals surface area contributed by atoms with Crippen LogP contribution in [0.25, 0.3) is 0 Å². The van der Waals surface area contributed by atoms with Gasteiger partial charge in [0.2, 0.25) is 11.8 Å². The van der Waals surface area contributed by atoms with Gasteiger partial charge in [0.1, 0.15) is 0 Å². The Hall–Kier alpha value is -2.37. The van der Waals surface area contributed by atoms with Gasteiger partial charge >= 0.3 is 0 Å². The third-order valence-corrected chi connectivity index (χ3v) is 7.89. The quantitative estimate of drug-likeness (QED) is 0.694. The number of carbonyl (C=O) groups excluding carboxylic acids is 3. The summed E-state index contributed by atoms with van der Waals surface area (Å²) in [6.45, 7) is 11.1. The molecule has 1 aromatic carbocycles. The molecule has 0 N–H and O–H groups in total. The second kappa shape index (κ2) is 8.77. The van der Waals surface area contributed by atoms with Gasteiger partial charge in [0, 0.05) is 51.8 Å². The summed E-state index contributed by atoms with van der Waals surface area (Å²) in [7, 11) is 1.82. The minimum absolute atomic E-state index is 0.0369. The lowest BCUT2D eigenvalue weighted by molar-refractivity contribution is -0.139. The molecule has 4 rings (SSSR count). The van der Waals surface area contributed by atoms with E-state index in [9.17, 15) is 14.4 Å². The Labute approximate surface area is 198 Å². The average Bonchev–Trinajstić information content (AvgIpc) is 3.01. The lowest BCUT2D eigenvalue weighted by atomic mass is 9.65. The molecule has 180 valence electrons. The second-order valence-electron chi connectivity index (χ2n) is 11.8. The van der Waals surface area contributed by atoms with Gasteiger partial charge in [-0.3, -0.25) is 14.4 Å². The Morgan fingerprint density at radius 1 is 1.09 bits per heavy atom. The highest BCUT2D eigenvalue weighted by Gasteiger charge is 2.51. The van der Waals surface area contributed by atoms with E-state index >= 15 is 0 Å². The van der Waals surface area contributed by atoms with Crippen LogP contribution in [-0.2, 0) is 16.1 Å². The predicted octanol–water partition coefficient (Wildman–Crippen LogP) is 3.94. The SMILES string of the molecule is CC(=O)N1CCCC(C(=O)N(C)Cc2ccc(C(=O)N3CC4(C)CC3CC(C)(C)C4)cc2)C1. The molecular weight excluding hydrogens is 414 g/mol. The summed E-state index contributed by atoms with van der Waals surface area (Å²) in [5.74, 6) is 0.119. The third-order valence-electron chi connectivity index (χ3n) is 7.89. The van der Waals surface area contributed by atoms with Crippen molar-refractivity contribution in [1.29, 1.82) is 0 Å². The first kappa shape index (κ1) is 23.8. The largest absolute Gasteiger partial charge is 0.342 e. The number of amides is 3. The summed E-state index contributed by atoms with van der Waals surface area (Å²) in [5.41, 5.74) is 2.25. The van der Waals surface area contributed by atoms with Crippen LogP contribution in [0.2, 0.25) is 0 Å². The van der Waals surface area contributed by atoms with Crippen molar-refractivity contribution < 1.29 is 14.4 Å². The van der Waals surface area contributed by atoms with Crippen LogP contribution >= 0.6 is 0 Å². The van der Waals surface area contributed by atoms with Crippen molar-refractivity contribution in [2.75, 3.05) is 26.7 Å². The molecule has 1 aromatic rings. The maximum absolute atomic E-state index is 13.3. The molecule has 1 saturated carbocycles. The van der Waals surface area contributed by atoms with Crippen molar-refractivity contribution in [2.24, 2.45) is 16.7 Å². The molecular formula is C27H39N3O3. The number of carbonyl (C=O) groups is 3. The van der Waals surface area contributed by atoms with Crippen molar-refractivity contribution in [1.82, 2.24) is 14.7 Å². The summed E-state index contributed by atoms with van der Waals surface area (Å²) < 4.78 is 0. The molecule has 0 spiro atoms. The number of benzene rings is 1. The van der Waals surface area contributed by atoms with Crippen molar-refractivity contribution >= 4 is 17.7 Å². The Morgan fingerprint density at radius 2 is 1.79 bits per heavy atom. The van der Waals surface area contributed by atoms with Gasteiger partial charge in [-0.15, -0.1) is 0 Å². The van der Waals surface area contributed by atoms with Gasteiger partial charge in [0.15, 0.2) is 0 Å². The number of hydrogen-bond acceptors (Lipinski definition) is 3. The molecule has 0 aromatic heterocycles. The molecule has 3 unspecified atom stereocenters. The molecule has 2 saturated heterocycles. The van der Waals surface area contributed by atoms with Crippen LogP contribution in [0.15, 0.2) is 24.3 Å². The second-order valence-corrected chi connectivity index (χ2v) is 11.8. The van der Waals surface area contributed by atoms with Crippen molar-refractivity contribution in [2.45, 2.75) is 72.4 Å². The standard InChI is InChI=1S/C27H39N3O3/c1-19(31)29-12-6-7-22(16-29)24(32)28(5)15-20-8-10-21(11-9-20)25(33)30-18-27(4)14-23(30)13-26(2,3)17-27/h8-11,22-23H,6-7,12-18H2,1-5H3. The number of piperidine rings is 1. The molecule has 3 atom stereocenters. The Balaban J connectivity index is 1.37. The van der Waals surface area contributed by atoms with Gasteiger partial charge in [0.05, 0.1) is 5.92 Å². The van der Waals surface area contributed by atoms with Gasteiger partial charge in [-0.2, -0.15) is 0 Å². The van der Waals surface area contributed by atoms with E-state index in [-0.39, 0.29) is 34.5 Å². The number of hydrogen-bond donors (Lipinski definition) is 0. The van der Waals surface area contributed by atoms with Crippen LogP contribution in [-0.4, -0.2) is 65.1 Å². The van der Waals surface area contributed by atoms with E-state index in [4.69, 9.17) is 0 Å². The van der Waals surface area contributed by atoms with Crippen molar-refractivity contribution in [3.8, 4) is 0 Å². The van der Waals surface area contributed by atoms with Crippen LogP contribution in [0.3, 0.4) is 0 Å². The zero-order chi connectivity index (χ0) is 24.0. The summed E-state index contributed by atoms with van der Waals surface area (Å²) in [5, 5.41) is 0. The fourth-order valence-electron chi connectivity index (χ4n) is 6.74. The molecule has 6 heteroatoms. The maximum Gasteiger partial charge on any atom is 0.254 e. The van der Waals surface area contributed by atoms with E-state index in [0.29, 0.717) is 19.1 Å². The normalized spacial score (nSPS) is 28.5. The van der Waals surface area contributed by atoms with E-state index in [0.717, 1.165) is 49.9 Å². The van der Waals surface area contributed by atoms with E-state index in [1.165, 1.54) is 6.42 Å². The number of fused-ring (bicyclic) bond motifs is 2. The highest BCUT2D eigenvalue weighted by atomic mass is 16.2. The molecule has 1 aliphatic carbocycles. The minimum atomic E-state index is -0.131. The van der Waals surface area contributed by atoms with E-state index < -0.39 is 0 Å². The monoisotopic (exact) mass is 453 g/mol. The lowest BCUT2D eigenvalue weighted by Crippen LogP contribution is -2.45. The molecule has 3 amide bonds. The minimum Gasteiger partial charge on any atom is -0.342 e. The summed E-state index contributed by atoms with van der Waals surface area (Å²) in [6.07, 6.45) is 5.04. The first-order chi connectivity index (χ1) is 15.5. The summed E-state index contributed by atoms with van der Waals surface area (Å²) in [4.78, 5) is 43.6. The summed E-state index contributed by atoms with van der Waals surface area (Å²) in [6, 6.07) is 8.08. The highest BCUT2D eigenvalue weighted by molar-refractivity contribution is 5.94. The fraction of sp³-hybridized carbons (Fsp3) is 0.667. The molecule has 6 nitrogen and oxygen atoms in total. The van der Waals surface area contributed by atoms with Gasteiger partial charge in [-0.1, -0.05) is 32.9 Å². The summed E-state index contributed by atoms with van der Waals surface area (Å²) >= 11 is 0. The molecule has 33 heavy (non-hydrogen) atoms. The number of likely N-dealkylation sites (tertiary alicyclic amines) is 2. The van der Waals surface area contributed by atoms with Gasteiger partial charge in [-0.05, 0) is 60.6 Å². The molecule has 3 aliphatic rings. The van der Waals surface area contributed by atoms with Gasteiger partial charge in [-0.25, -0.2) is 0 Å². The molecule has 2 heterocycles. The molecule has 3 fully saturated rings. The Morgan fingerprint density at radius 3 is 2.45 bits per heavy atom. The topological polar surface area (TPSA) is 60.9 Å². The fourth-order valence-corrected chi connectivity index (χ4v) is 6.74. The van der Waals surface area contributed by atoms with Crippen LogP contribution in [0.4, 0.5) is 0 Å². The van der Waals surface area contributed by atoms with E-state index in [2.05, 4.69) is 25.7 Å². The van der Waals surface area contributed by atoms with Crippen LogP contribution < -0.4 is 0 Å². The maximum atomic E-state index is 13.3. The number of nitrogens with zero attached hydrogens (tertiary/aromatic N) is 3. The third kappa shape index (κ3) is 5.10. The average molecular weight is 454 g/mol. The molecule has 2 bridgehead atoms. The van der Waals surface area contributed by atoms with Crippen LogP contribution in [0.1, 0.15) is 75.7 Å². The highest BCUT2D eigenvalue weighted by Crippen LogP contribution is 2.52. The molecule has 0 radical (unpaired) electrons. The zero-order valence-corrected chi connectivity index (χ0v) is 20.9. The van der Waals surface area contributed by atoms with E-state index in [1.54, 1.807) is 16.7 Å². The van der Waals surface area contributed by atoms with Crippen molar-refractivity contribution in [3.63, 3.8) is 0 Å². The van der Waals surface area contributed by atoms with Gasteiger partial charge < -0.3 is 14.7 Å². The molecule has 2 aliphatic heterocycles. The van der Waals surface area contributed by atoms with Crippen LogP contribution in [0.5, 0.6) is 0 Å². The number of rotatable bonds is 4. The van der Waals surface area contributed by atoms with Gasteiger partial charge in [0.25, 0.3) is 5.91 Å². The first-order valence-electron chi connectivity index (χ1n) is 12.4. The predicted molar refractivity (Wildman–Crippen MR) is 128 cm³/mol. The Bertz CT molecular complexity index is 925. The first-order valence-corrected chi connectivity index (χ1v) is 12.4. The van der Waals surface area contributed by atoms with E-state index in [1.807, 2.05) is 31.3 Å². The smallest absolute Gasteiger partial charge is 0.254 e. The zero-order valence-electron chi connectivity index (χ0n) is 20.9.